The predicted molar refractivity (Wildman–Crippen MR) is 134 cm³/mol. The standard InChI is InChI=1S/C30H29NO3/c1-3-28-27(17-18-33-25-15-16-26-20(2)9-10-24(26)19-25)31-30(34-28)23-13-11-22(12-14-23)29(32)21-7-5-4-6-8-21/h4-8,11-16,19-20H,3,9-10,17-18H2,1-2H3/t20-/m0/s1. The minimum Gasteiger partial charge on any atom is -0.493 e. The molecule has 1 heterocycles. The van der Waals surface area contributed by atoms with E-state index >= 15 is 0 Å². The lowest BCUT2D eigenvalue weighted by Gasteiger charge is -2.09. The molecule has 4 nitrogen and oxygen atoms in total. The summed E-state index contributed by atoms with van der Waals surface area (Å²) in [6.07, 6.45) is 3.81. The molecule has 0 saturated heterocycles. The van der Waals surface area contributed by atoms with Crippen molar-refractivity contribution in [3.05, 3.63) is 107 Å². The number of ether oxygens (including phenoxy) is 1. The van der Waals surface area contributed by atoms with Crippen LogP contribution in [-0.4, -0.2) is 17.4 Å². The summed E-state index contributed by atoms with van der Waals surface area (Å²) in [5.74, 6) is 3.04. The maximum absolute atomic E-state index is 12.7. The number of ketones is 1. The molecule has 4 aromatic rings. The van der Waals surface area contributed by atoms with Gasteiger partial charge < -0.3 is 9.15 Å². The van der Waals surface area contributed by atoms with Gasteiger partial charge in [-0.15, -0.1) is 0 Å². The van der Waals surface area contributed by atoms with Crippen LogP contribution in [0.3, 0.4) is 0 Å². The predicted octanol–water partition coefficient (Wildman–Crippen LogP) is 6.81. The van der Waals surface area contributed by atoms with Gasteiger partial charge in [0.1, 0.15) is 11.5 Å². The highest BCUT2D eigenvalue weighted by atomic mass is 16.5. The van der Waals surface area contributed by atoms with E-state index in [1.165, 1.54) is 17.5 Å². The summed E-state index contributed by atoms with van der Waals surface area (Å²) in [5.41, 5.74) is 5.99. The number of aromatic nitrogens is 1. The van der Waals surface area contributed by atoms with Crippen LogP contribution in [0, 0.1) is 0 Å². The van der Waals surface area contributed by atoms with Gasteiger partial charge in [0.05, 0.1) is 12.3 Å². The summed E-state index contributed by atoms with van der Waals surface area (Å²) >= 11 is 0. The molecular weight excluding hydrogens is 422 g/mol. The van der Waals surface area contributed by atoms with E-state index < -0.39 is 0 Å². The van der Waals surface area contributed by atoms with Crippen LogP contribution in [-0.2, 0) is 19.3 Å². The maximum atomic E-state index is 12.7. The van der Waals surface area contributed by atoms with Crippen molar-refractivity contribution >= 4 is 5.78 Å². The van der Waals surface area contributed by atoms with Crippen LogP contribution in [0.5, 0.6) is 5.75 Å². The summed E-state index contributed by atoms with van der Waals surface area (Å²) in [5, 5.41) is 0. The number of fused-ring (bicyclic) bond motifs is 1. The van der Waals surface area contributed by atoms with Crippen molar-refractivity contribution in [1.29, 1.82) is 0 Å². The molecular formula is C30H29NO3. The number of oxazole rings is 1. The van der Waals surface area contributed by atoms with Crippen molar-refractivity contribution in [2.75, 3.05) is 6.61 Å². The zero-order chi connectivity index (χ0) is 23.5. The van der Waals surface area contributed by atoms with E-state index in [0.717, 1.165) is 35.6 Å². The van der Waals surface area contributed by atoms with E-state index in [9.17, 15) is 4.79 Å². The Labute approximate surface area is 200 Å². The molecule has 34 heavy (non-hydrogen) atoms. The summed E-state index contributed by atoms with van der Waals surface area (Å²) in [6.45, 7) is 4.91. The molecule has 0 bridgehead atoms. The average Bonchev–Trinajstić information content (AvgIpc) is 3.47. The molecule has 0 aliphatic heterocycles. The lowest BCUT2D eigenvalue weighted by atomic mass is 10.0. The number of carbonyl (C=O) groups excluding carboxylic acids is 1. The van der Waals surface area contributed by atoms with Gasteiger partial charge in [-0.2, -0.15) is 0 Å². The van der Waals surface area contributed by atoms with E-state index in [0.29, 0.717) is 36.0 Å². The second kappa shape index (κ2) is 9.68. The summed E-state index contributed by atoms with van der Waals surface area (Å²) in [4.78, 5) is 17.4. The number of carbonyl (C=O) groups is 1. The topological polar surface area (TPSA) is 52.3 Å². The van der Waals surface area contributed by atoms with Crippen molar-refractivity contribution in [2.24, 2.45) is 0 Å². The van der Waals surface area contributed by atoms with E-state index in [1.807, 2.05) is 54.6 Å². The molecule has 1 aromatic heterocycles. The lowest BCUT2D eigenvalue weighted by molar-refractivity contribution is 0.103. The van der Waals surface area contributed by atoms with Gasteiger partial charge in [-0.05, 0) is 54.2 Å². The molecule has 1 aliphatic carbocycles. The fraction of sp³-hybridized carbons (Fsp3) is 0.267. The van der Waals surface area contributed by atoms with Gasteiger partial charge in [-0.1, -0.05) is 62.4 Å². The van der Waals surface area contributed by atoms with E-state index in [-0.39, 0.29) is 5.78 Å². The van der Waals surface area contributed by atoms with Gasteiger partial charge in [0.2, 0.25) is 5.89 Å². The Hall–Kier alpha value is -3.66. The van der Waals surface area contributed by atoms with Crippen LogP contribution in [0.1, 0.15) is 64.7 Å². The maximum Gasteiger partial charge on any atom is 0.226 e. The average molecular weight is 452 g/mol. The zero-order valence-corrected chi connectivity index (χ0v) is 19.7. The fourth-order valence-electron chi connectivity index (χ4n) is 4.66. The minimum absolute atomic E-state index is 0.00708. The van der Waals surface area contributed by atoms with Crippen molar-refractivity contribution in [1.82, 2.24) is 4.98 Å². The summed E-state index contributed by atoms with van der Waals surface area (Å²) in [6, 6.07) is 23.2. The largest absolute Gasteiger partial charge is 0.493 e. The minimum atomic E-state index is 0.00708. The molecule has 0 spiro atoms. The van der Waals surface area contributed by atoms with Crippen LogP contribution in [0.2, 0.25) is 0 Å². The van der Waals surface area contributed by atoms with Gasteiger partial charge in [-0.3, -0.25) is 4.79 Å². The van der Waals surface area contributed by atoms with Gasteiger partial charge in [0, 0.05) is 29.5 Å². The molecule has 1 atom stereocenters. The highest BCUT2D eigenvalue weighted by Crippen LogP contribution is 2.34. The molecule has 3 aromatic carbocycles. The van der Waals surface area contributed by atoms with Crippen LogP contribution in [0.15, 0.2) is 77.2 Å². The molecule has 5 rings (SSSR count). The Balaban J connectivity index is 1.25. The van der Waals surface area contributed by atoms with Crippen molar-refractivity contribution in [2.45, 2.75) is 45.4 Å². The third-order valence-electron chi connectivity index (χ3n) is 6.63. The number of rotatable bonds is 8. The van der Waals surface area contributed by atoms with Crippen molar-refractivity contribution < 1.29 is 13.9 Å². The van der Waals surface area contributed by atoms with Gasteiger partial charge in [-0.25, -0.2) is 4.98 Å². The molecule has 1 aliphatic rings. The van der Waals surface area contributed by atoms with E-state index in [1.54, 1.807) is 0 Å². The third-order valence-corrected chi connectivity index (χ3v) is 6.63. The van der Waals surface area contributed by atoms with Crippen molar-refractivity contribution in [3.63, 3.8) is 0 Å². The number of hydrogen-bond acceptors (Lipinski definition) is 4. The summed E-state index contributed by atoms with van der Waals surface area (Å²) < 4.78 is 12.1. The lowest BCUT2D eigenvalue weighted by Crippen LogP contribution is -2.04. The highest BCUT2D eigenvalue weighted by molar-refractivity contribution is 6.09. The van der Waals surface area contributed by atoms with Gasteiger partial charge in [0.25, 0.3) is 0 Å². The first-order valence-electron chi connectivity index (χ1n) is 12.1. The number of hydrogen-bond donors (Lipinski definition) is 0. The Morgan fingerprint density at radius 3 is 2.56 bits per heavy atom. The van der Waals surface area contributed by atoms with E-state index in [4.69, 9.17) is 14.1 Å². The van der Waals surface area contributed by atoms with Gasteiger partial charge in [0.15, 0.2) is 5.78 Å². The Bertz CT molecular complexity index is 1290. The number of nitrogens with zero attached hydrogens (tertiary/aromatic N) is 1. The molecule has 0 amide bonds. The van der Waals surface area contributed by atoms with Crippen LogP contribution in [0.4, 0.5) is 0 Å². The second-order valence-electron chi connectivity index (χ2n) is 8.91. The Kier molecular flexibility index (Phi) is 6.31. The highest BCUT2D eigenvalue weighted by Gasteiger charge is 2.19. The first-order chi connectivity index (χ1) is 16.6. The first kappa shape index (κ1) is 22.1. The Morgan fingerprint density at radius 1 is 1.03 bits per heavy atom. The first-order valence-corrected chi connectivity index (χ1v) is 12.1. The molecule has 0 radical (unpaired) electrons. The van der Waals surface area contributed by atoms with Crippen molar-refractivity contribution in [3.8, 4) is 17.2 Å². The Morgan fingerprint density at radius 2 is 1.79 bits per heavy atom. The molecule has 172 valence electrons. The third kappa shape index (κ3) is 4.54. The van der Waals surface area contributed by atoms with Crippen LogP contribution in [0.25, 0.3) is 11.5 Å². The quantitative estimate of drug-likeness (QED) is 0.276. The second-order valence-corrected chi connectivity index (χ2v) is 8.91. The van der Waals surface area contributed by atoms with Crippen LogP contribution >= 0.6 is 0 Å². The van der Waals surface area contributed by atoms with Gasteiger partial charge >= 0.3 is 0 Å². The number of aryl methyl sites for hydroxylation is 2. The molecule has 4 heteroatoms. The molecule has 0 fully saturated rings. The molecule has 0 unspecified atom stereocenters. The normalized spacial score (nSPS) is 14.7. The zero-order valence-electron chi connectivity index (χ0n) is 19.7. The van der Waals surface area contributed by atoms with E-state index in [2.05, 4.69) is 32.0 Å². The number of benzene rings is 3. The summed E-state index contributed by atoms with van der Waals surface area (Å²) in [7, 11) is 0. The molecule has 0 N–H and O–H groups in total. The molecule has 0 saturated carbocycles. The fourth-order valence-corrected chi connectivity index (χ4v) is 4.66. The van der Waals surface area contributed by atoms with Crippen LogP contribution < -0.4 is 4.74 Å². The SMILES string of the molecule is CCc1oc(-c2ccc(C(=O)c3ccccc3)cc2)nc1CCOc1ccc2c(c1)CC[C@@H]2C. The smallest absolute Gasteiger partial charge is 0.226 e. The monoisotopic (exact) mass is 451 g/mol.